The number of aromatic nitrogens is 2. The smallest absolute Gasteiger partial charge is 0.194 e. The van der Waals surface area contributed by atoms with E-state index in [1.165, 1.54) is 23.5 Å². The number of sulfone groups is 1. The van der Waals surface area contributed by atoms with Gasteiger partial charge in [-0.15, -0.1) is 11.3 Å². The Morgan fingerprint density at radius 2 is 1.96 bits per heavy atom. The molecule has 25 heavy (non-hydrogen) atoms. The van der Waals surface area contributed by atoms with E-state index in [9.17, 15) is 12.8 Å². The van der Waals surface area contributed by atoms with Crippen molar-refractivity contribution in [2.45, 2.75) is 17.9 Å². The fraction of sp³-hybridized carbons (Fsp3) is 0.188. The lowest BCUT2D eigenvalue weighted by molar-refractivity contribution is 0.598. The summed E-state index contributed by atoms with van der Waals surface area (Å²) < 4.78 is 37.9. The van der Waals surface area contributed by atoms with E-state index in [2.05, 4.69) is 9.97 Å². The van der Waals surface area contributed by atoms with Gasteiger partial charge in [-0.2, -0.15) is 0 Å². The summed E-state index contributed by atoms with van der Waals surface area (Å²) in [4.78, 5) is 8.14. The van der Waals surface area contributed by atoms with E-state index >= 15 is 0 Å². The Kier molecular flexibility index (Phi) is 4.94. The summed E-state index contributed by atoms with van der Waals surface area (Å²) >= 11 is 13.3. The molecule has 1 unspecified atom stereocenters. The number of thiophene rings is 1. The standard InChI is InChI=1S/C16H13Cl2FN2O2S2/c1-8-16(25(2,22)23)21-15(20-8)14(12-5-6-13(18)24-12)9-3-4-11(19)10(17)7-9/h3-7,14H,1-2H3,(H,20,21). The molecule has 4 nitrogen and oxygen atoms in total. The normalized spacial score (nSPS) is 13.2. The highest BCUT2D eigenvalue weighted by atomic mass is 35.5. The van der Waals surface area contributed by atoms with E-state index < -0.39 is 21.6 Å². The number of H-pyrrole nitrogens is 1. The highest BCUT2D eigenvalue weighted by Gasteiger charge is 2.26. The molecule has 0 radical (unpaired) electrons. The third-order valence-corrected chi connectivity index (χ3v) is 6.32. The van der Waals surface area contributed by atoms with Crippen LogP contribution in [0.1, 0.15) is 27.9 Å². The zero-order valence-corrected chi connectivity index (χ0v) is 16.3. The molecule has 0 saturated heterocycles. The molecule has 1 aromatic carbocycles. The number of imidazole rings is 1. The van der Waals surface area contributed by atoms with E-state index in [1.807, 2.05) is 6.07 Å². The van der Waals surface area contributed by atoms with E-state index in [1.54, 1.807) is 19.1 Å². The topological polar surface area (TPSA) is 62.8 Å². The first-order chi connectivity index (χ1) is 11.7. The first-order valence-electron chi connectivity index (χ1n) is 7.13. The fourth-order valence-electron chi connectivity index (χ4n) is 2.60. The molecule has 0 saturated carbocycles. The van der Waals surface area contributed by atoms with Crippen molar-refractivity contribution in [1.29, 1.82) is 0 Å². The molecule has 0 fully saturated rings. The predicted molar refractivity (Wildman–Crippen MR) is 98.1 cm³/mol. The molecule has 0 bridgehead atoms. The Morgan fingerprint density at radius 3 is 2.48 bits per heavy atom. The van der Waals surface area contributed by atoms with Crippen molar-refractivity contribution in [2.24, 2.45) is 0 Å². The Labute approximate surface area is 158 Å². The third-order valence-electron chi connectivity index (χ3n) is 3.64. The number of aromatic amines is 1. The number of aryl methyl sites for hydroxylation is 1. The second-order valence-corrected chi connectivity index (χ2v) is 9.66. The fourth-order valence-corrected chi connectivity index (χ4v) is 4.85. The van der Waals surface area contributed by atoms with Crippen molar-refractivity contribution >= 4 is 44.4 Å². The summed E-state index contributed by atoms with van der Waals surface area (Å²) in [6.45, 7) is 1.64. The zero-order chi connectivity index (χ0) is 18.4. The Hall–Kier alpha value is -1.41. The maximum absolute atomic E-state index is 13.5. The van der Waals surface area contributed by atoms with Gasteiger partial charge in [0.2, 0.25) is 0 Å². The Morgan fingerprint density at radius 1 is 1.24 bits per heavy atom. The van der Waals surface area contributed by atoms with Crippen LogP contribution >= 0.6 is 34.5 Å². The van der Waals surface area contributed by atoms with Gasteiger partial charge in [0.25, 0.3) is 0 Å². The van der Waals surface area contributed by atoms with Crippen LogP contribution in [0, 0.1) is 12.7 Å². The number of hydrogen-bond acceptors (Lipinski definition) is 4. The van der Waals surface area contributed by atoms with E-state index in [0.29, 0.717) is 21.4 Å². The molecule has 3 rings (SSSR count). The number of nitrogens with zero attached hydrogens (tertiary/aromatic N) is 1. The Balaban J connectivity index is 2.20. The highest BCUT2D eigenvalue weighted by molar-refractivity contribution is 7.90. The molecule has 1 N–H and O–H groups in total. The van der Waals surface area contributed by atoms with Crippen LogP contribution in [0.4, 0.5) is 4.39 Å². The van der Waals surface area contributed by atoms with Crippen LogP contribution in [-0.4, -0.2) is 24.6 Å². The van der Waals surface area contributed by atoms with Gasteiger partial charge < -0.3 is 4.98 Å². The summed E-state index contributed by atoms with van der Waals surface area (Å²) in [5.41, 5.74) is 1.12. The van der Waals surface area contributed by atoms with Gasteiger partial charge in [-0.1, -0.05) is 29.3 Å². The van der Waals surface area contributed by atoms with E-state index in [0.717, 1.165) is 11.1 Å². The van der Waals surface area contributed by atoms with Gasteiger partial charge in [0, 0.05) is 11.1 Å². The van der Waals surface area contributed by atoms with Gasteiger partial charge in [-0.3, -0.25) is 0 Å². The second kappa shape index (κ2) is 6.72. The highest BCUT2D eigenvalue weighted by Crippen LogP contribution is 2.38. The van der Waals surface area contributed by atoms with Crippen LogP contribution in [0.25, 0.3) is 0 Å². The molecular weight excluding hydrogens is 406 g/mol. The summed E-state index contributed by atoms with van der Waals surface area (Å²) in [6, 6.07) is 7.94. The number of nitrogens with one attached hydrogen (secondary N) is 1. The summed E-state index contributed by atoms with van der Waals surface area (Å²) in [5.74, 6) is -0.537. The molecule has 0 aliphatic rings. The molecule has 0 amide bonds. The van der Waals surface area contributed by atoms with Gasteiger partial charge in [0.05, 0.1) is 21.0 Å². The SMILES string of the molecule is Cc1[nH]c(C(c2ccc(F)c(Cl)c2)c2ccc(Cl)s2)nc1S(C)(=O)=O. The summed E-state index contributed by atoms with van der Waals surface area (Å²) in [6.07, 6.45) is 1.10. The van der Waals surface area contributed by atoms with Crippen molar-refractivity contribution in [3.8, 4) is 0 Å². The summed E-state index contributed by atoms with van der Waals surface area (Å²) in [7, 11) is -3.47. The number of halogens is 3. The summed E-state index contributed by atoms with van der Waals surface area (Å²) in [5, 5.41) is -0.0277. The average molecular weight is 419 g/mol. The minimum absolute atomic E-state index is 0.0108. The van der Waals surface area contributed by atoms with E-state index in [-0.39, 0.29) is 10.0 Å². The monoisotopic (exact) mass is 418 g/mol. The molecule has 0 spiro atoms. The average Bonchev–Trinajstić information content (AvgIpc) is 3.09. The van der Waals surface area contributed by atoms with Crippen molar-refractivity contribution < 1.29 is 12.8 Å². The van der Waals surface area contributed by atoms with Crippen molar-refractivity contribution in [3.05, 3.63) is 67.5 Å². The number of hydrogen-bond donors (Lipinski definition) is 1. The zero-order valence-electron chi connectivity index (χ0n) is 13.2. The maximum atomic E-state index is 13.5. The van der Waals surface area contributed by atoms with Crippen molar-refractivity contribution in [3.63, 3.8) is 0 Å². The van der Waals surface area contributed by atoms with Gasteiger partial charge in [0.1, 0.15) is 11.6 Å². The minimum Gasteiger partial charge on any atom is -0.344 e. The number of benzene rings is 1. The third kappa shape index (κ3) is 3.74. The Bertz CT molecular complexity index is 1040. The first-order valence-corrected chi connectivity index (χ1v) is 10.6. The van der Waals surface area contributed by atoms with Gasteiger partial charge in [-0.05, 0) is 36.8 Å². The van der Waals surface area contributed by atoms with E-state index in [4.69, 9.17) is 23.2 Å². The van der Waals surface area contributed by atoms with Crippen LogP contribution in [0.5, 0.6) is 0 Å². The van der Waals surface area contributed by atoms with Crippen LogP contribution in [0.2, 0.25) is 9.36 Å². The largest absolute Gasteiger partial charge is 0.344 e. The molecule has 1 atom stereocenters. The van der Waals surface area contributed by atoms with Crippen LogP contribution in [0.15, 0.2) is 35.4 Å². The lowest BCUT2D eigenvalue weighted by Crippen LogP contribution is -2.05. The first kappa shape index (κ1) is 18.4. The molecule has 0 aliphatic heterocycles. The molecule has 132 valence electrons. The van der Waals surface area contributed by atoms with Crippen LogP contribution < -0.4 is 0 Å². The second-order valence-electron chi connectivity index (χ2n) is 5.57. The predicted octanol–water partition coefficient (Wildman–Crippen LogP) is 4.81. The maximum Gasteiger partial charge on any atom is 0.194 e. The van der Waals surface area contributed by atoms with Crippen LogP contribution in [-0.2, 0) is 9.84 Å². The molecule has 9 heteroatoms. The van der Waals surface area contributed by atoms with Gasteiger partial charge >= 0.3 is 0 Å². The lowest BCUT2D eigenvalue weighted by atomic mass is 9.96. The quantitative estimate of drug-likeness (QED) is 0.660. The number of rotatable bonds is 4. The van der Waals surface area contributed by atoms with Gasteiger partial charge in [-0.25, -0.2) is 17.8 Å². The molecule has 2 aromatic heterocycles. The van der Waals surface area contributed by atoms with Crippen molar-refractivity contribution in [1.82, 2.24) is 9.97 Å². The lowest BCUT2D eigenvalue weighted by Gasteiger charge is -2.14. The van der Waals surface area contributed by atoms with Crippen molar-refractivity contribution in [2.75, 3.05) is 6.26 Å². The molecule has 3 aromatic rings. The minimum atomic E-state index is -3.47. The molecule has 0 aliphatic carbocycles. The molecule has 2 heterocycles. The van der Waals surface area contributed by atoms with Crippen LogP contribution in [0.3, 0.4) is 0 Å². The van der Waals surface area contributed by atoms with Gasteiger partial charge in [0.15, 0.2) is 14.9 Å². The molecular formula is C16H13Cl2FN2O2S2.